The summed E-state index contributed by atoms with van der Waals surface area (Å²) in [6.45, 7) is 2.09. The van der Waals surface area contributed by atoms with Crippen molar-refractivity contribution in [3.8, 4) is 0 Å². The second-order valence-electron chi connectivity index (χ2n) is 7.85. The minimum Gasteiger partial charge on any atom is -0.481 e. The van der Waals surface area contributed by atoms with E-state index in [0.717, 1.165) is 5.01 Å². The number of nitrogens with zero attached hydrogens (tertiary/aromatic N) is 1. The van der Waals surface area contributed by atoms with Crippen LogP contribution in [-0.4, -0.2) is 71.0 Å². The molecule has 0 radical (unpaired) electrons. The number of hydrogen-bond donors (Lipinski definition) is 4. The second kappa shape index (κ2) is 12.8. The maximum Gasteiger partial charge on any atom is 0.305 e. The Morgan fingerprint density at radius 3 is 2.65 bits per heavy atom. The van der Waals surface area contributed by atoms with E-state index in [-0.39, 0.29) is 24.8 Å². The van der Waals surface area contributed by atoms with E-state index in [2.05, 4.69) is 16.1 Å². The van der Waals surface area contributed by atoms with Crippen molar-refractivity contribution in [3.63, 3.8) is 0 Å². The van der Waals surface area contributed by atoms with Gasteiger partial charge in [0, 0.05) is 23.6 Å². The smallest absolute Gasteiger partial charge is 0.305 e. The number of rotatable bonds is 11. The summed E-state index contributed by atoms with van der Waals surface area (Å²) in [5, 5.41) is 15.2. The molecule has 34 heavy (non-hydrogen) atoms. The number of hydrogen-bond acceptors (Lipinski definition) is 7. The molecule has 1 heterocycles. The van der Waals surface area contributed by atoms with Gasteiger partial charge in [-0.15, -0.1) is 0 Å². The fourth-order valence-electron chi connectivity index (χ4n) is 3.55. The standard InChI is InChI=1S/C22H27ClN4O7/c1-13-6-7-14(23)10-16(13)20(32)26-17(4-3-9-28)22(34)27-18(5-2-8-24-27)21(33)25-15(12-29)11-19(30)31/h6-7,9-10,12,15,17-18,24H,2-5,8,11H2,1H3,(H,25,33)(H,26,32)(H,30,31)/t15-,17-,18-/m0/s1. The lowest BCUT2D eigenvalue weighted by Crippen LogP contribution is -2.63. The molecule has 11 nitrogen and oxygen atoms in total. The second-order valence-corrected chi connectivity index (χ2v) is 8.29. The van der Waals surface area contributed by atoms with Crippen LogP contribution in [0.15, 0.2) is 18.2 Å². The van der Waals surface area contributed by atoms with Crippen LogP contribution in [0, 0.1) is 6.92 Å². The minimum absolute atomic E-state index is 0.00379. The van der Waals surface area contributed by atoms with Crippen LogP contribution in [0.5, 0.6) is 0 Å². The number of aldehydes is 2. The van der Waals surface area contributed by atoms with Crippen LogP contribution in [0.1, 0.15) is 48.0 Å². The molecule has 0 unspecified atom stereocenters. The van der Waals surface area contributed by atoms with Crippen LogP contribution in [0.25, 0.3) is 0 Å². The average Bonchev–Trinajstić information content (AvgIpc) is 2.81. The van der Waals surface area contributed by atoms with E-state index in [0.29, 0.717) is 36.1 Å². The Morgan fingerprint density at radius 2 is 2.00 bits per heavy atom. The Morgan fingerprint density at radius 1 is 1.26 bits per heavy atom. The molecule has 1 aromatic rings. The summed E-state index contributed by atoms with van der Waals surface area (Å²) in [6.07, 6.45) is 1.11. The topological polar surface area (TPSA) is 162 Å². The summed E-state index contributed by atoms with van der Waals surface area (Å²) in [6, 6.07) is 1.33. The van der Waals surface area contributed by atoms with Crippen LogP contribution in [-0.2, 0) is 24.0 Å². The molecule has 3 amide bonds. The van der Waals surface area contributed by atoms with Gasteiger partial charge in [-0.1, -0.05) is 17.7 Å². The number of carbonyl (C=O) groups is 6. The highest BCUT2D eigenvalue weighted by Crippen LogP contribution is 2.17. The molecule has 1 saturated heterocycles. The Balaban J connectivity index is 2.22. The molecule has 1 aliphatic heterocycles. The molecule has 0 bridgehead atoms. The quantitative estimate of drug-likeness (QED) is 0.321. The van der Waals surface area contributed by atoms with Gasteiger partial charge in [-0.2, -0.15) is 0 Å². The summed E-state index contributed by atoms with van der Waals surface area (Å²) in [7, 11) is 0. The first-order valence-electron chi connectivity index (χ1n) is 10.7. The van der Waals surface area contributed by atoms with Gasteiger partial charge < -0.3 is 25.3 Å². The van der Waals surface area contributed by atoms with Crippen molar-refractivity contribution in [3.05, 3.63) is 34.3 Å². The number of carbonyl (C=O) groups excluding carboxylic acids is 5. The Bertz CT molecular complexity index is 955. The first-order chi connectivity index (χ1) is 16.2. The van der Waals surface area contributed by atoms with Gasteiger partial charge in [0.2, 0.25) is 5.91 Å². The van der Waals surface area contributed by atoms with Crippen LogP contribution in [0.4, 0.5) is 0 Å². The van der Waals surface area contributed by atoms with E-state index in [1.165, 1.54) is 6.07 Å². The van der Waals surface area contributed by atoms with Crippen LogP contribution in [0.2, 0.25) is 5.02 Å². The molecule has 2 rings (SSSR count). The number of benzene rings is 1. The van der Waals surface area contributed by atoms with Crippen molar-refractivity contribution < 1.29 is 33.9 Å². The maximum atomic E-state index is 13.3. The van der Waals surface area contributed by atoms with Gasteiger partial charge in [0.05, 0.1) is 12.5 Å². The predicted octanol–water partition coefficient (Wildman–Crippen LogP) is 0.380. The molecule has 3 atom stereocenters. The molecule has 4 N–H and O–H groups in total. The highest BCUT2D eigenvalue weighted by molar-refractivity contribution is 6.31. The third-order valence-electron chi connectivity index (χ3n) is 5.30. The molecule has 0 spiro atoms. The third-order valence-corrected chi connectivity index (χ3v) is 5.53. The number of amides is 3. The van der Waals surface area contributed by atoms with Crippen LogP contribution < -0.4 is 16.1 Å². The number of halogens is 1. The van der Waals surface area contributed by atoms with Gasteiger partial charge >= 0.3 is 5.97 Å². The van der Waals surface area contributed by atoms with Gasteiger partial charge in [0.1, 0.15) is 24.7 Å². The molecule has 0 aliphatic carbocycles. The van der Waals surface area contributed by atoms with Gasteiger partial charge in [0.15, 0.2) is 0 Å². The normalized spacial score (nSPS) is 17.2. The van der Waals surface area contributed by atoms with Crippen LogP contribution in [0.3, 0.4) is 0 Å². The molecular weight excluding hydrogens is 468 g/mol. The van der Waals surface area contributed by atoms with Gasteiger partial charge in [-0.25, -0.2) is 5.43 Å². The molecule has 1 fully saturated rings. The minimum atomic E-state index is -1.26. The van der Waals surface area contributed by atoms with E-state index in [1.807, 2.05) is 0 Å². The first kappa shape index (κ1) is 26.9. The monoisotopic (exact) mass is 494 g/mol. The molecule has 1 aliphatic rings. The summed E-state index contributed by atoms with van der Waals surface area (Å²) < 4.78 is 0. The number of carboxylic acid groups (broad SMARTS) is 1. The molecule has 0 aromatic heterocycles. The Labute approximate surface area is 201 Å². The lowest BCUT2D eigenvalue weighted by molar-refractivity contribution is -0.149. The molecule has 0 saturated carbocycles. The van der Waals surface area contributed by atoms with Crippen molar-refractivity contribution >= 4 is 47.9 Å². The number of aryl methyl sites for hydroxylation is 1. The average molecular weight is 495 g/mol. The van der Waals surface area contributed by atoms with Gasteiger partial charge in [-0.05, 0) is 43.9 Å². The lowest BCUT2D eigenvalue weighted by atomic mass is 10.0. The Kier molecular flexibility index (Phi) is 10.1. The van der Waals surface area contributed by atoms with Crippen molar-refractivity contribution in [1.29, 1.82) is 0 Å². The van der Waals surface area contributed by atoms with Crippen molar-refractivity contribution in [2.24, 2.45) is 0 Å². The number of nitrogens with one attached hydrogen (secondary N) is 3. The predicted molar refractivity (Wildman–Crippen MR) is 121 cm³/mol. The number of carboxylic acids is 1. The Hall–Kier alpha value is -3.31. The number of hydrazine groups is 1. The summed E-state index contributed by atoms with van der Waals surface area (Å²) in [5.41, 5.74) is 3.73. The van der Waals surface area contributed by atoms with E-state index >= 15 is 0 Å². The molecule has 12 heteroatoms. The van der Waals surface area contributed by atoms with Crippen LogP contribution >= 0.6 is 11.6 Å². The van der Waals surface area contributed by atoms with E-state index in [4.69, 9.17) is 16.7 Å². The van der Waals surface area contributed by atoms with Crippen molar-refractivity contribution in [2.75, 3.05) is 6.54 Å². The molecular formula is C22H27ClN4O7. The highest BCUT2D eigenvalue weighted by atomic mass is 35.5. The third kappa shape index (κ3) is 7.35. The first-order valence-corrected chi connectivity index (χ1v) is 11.1. The van der Waals surface area contributed by atoms with E-state index in [1.54, 1.807) is 19.1 Å². The van der Waals surface area contributed by atoms with Crippen molar-refractivity contribution in [1.82, 2.24) is 21.1 Å². The zero-order valence-electron chi connectivity index (χ0n) is 18.6. The zero-order valence-corrected chi connectivity index (χ0v) is 19.3. The number of aliphatic carboxylic acids is 1. The van der Waals surface area contributed by atoms with E-state index in [9.17, 15) is 28.8 Å². The fraction of sp³-hybridized carbons (Fsp3) is 0.455. The maximum absolute atomic E-state index is 13.3. The summed E-state index contributed by atoms with van der Waals surface area (Å²) >= 11 is 5.99. The lowest BCUT2D eigenvalue weighted by Gasteiger charge is -2.37. The van der Waals surface area contributed by atoms with Gasteiger partial charge in [0.25, 0.3) is 11.8 Å². The zero-order chi connectivity index (χ0) is 25.3. The highest BCUT2D eigenvalue weighted by Gasteiger charge is 2.37. The van der Waals surface area contributed by atoms with Gasteiger partial charge in [-0.3, -0.25) is 24.2 Å². The molecule has 184 valence electrons. The SMILES string of the molecule is Cc1ccc(Cl)cc1C(=O)N[C@@H](CCC=O)C(=O)N1NCCC[C@H]1C(=O)N[C@H](C=O)CC(=O)O. The largest absolute Gasteiger partial charge is 0.481 e. The summed E-state index contributed by atoms with van der Waals surface area (Å²) in [5.74, 6) is -3.18. The molecule has 1 aromatic carbocycles. The van der Waals surface area contributed by atoms with Crippen molar-refractivity contribution in [2.45, 2.75) is 57.2 Å². The summed E-state index contributed by atoms with van der Waals surface area (Å²) in [4.78, 5) is 72.0. The van der Waals surface area contributed by atoms with E-state index < -0.39 is 48.2 Å². The fourth-order valence-corrected chi connectivity index (χ4v) is 3.72.